The maximum Gasteiger partial charge on any atom is 0.164 e. The smallest absolute Gasteiger partial charge is 0.164 e. The third-order valence-corrected chi connectivity index (χ3v) is 11.7. The van der Waals surface area contributed by atoms with E-state index in [1.54, 1.807) is 0 Å². The van der Waals surface area contributed by atoms with Gasteiger partial charge in [0.15, 0.2) is 17.5 Å². The van der Waals surface area contributed by atoms with Crippen molar-refractivity contribution in [3.63, 3.8) is 0 Å². The quantitative estimate of drug-likeness (QED) is 0.170. The van der Waals surface area contributed by atoms with Crippen LogP contribution in [0.2, 0.25) is 0 Å². The van der Waals surface area contributed by atoms with Crippen LogP contribution in [0.5, 0.6) is 0 Å². The van der Waals surface area contributed by atoms with Gasteiger partial charge in [-0.3, -0.25) is 0 Å². The van der Waals surface area contributed by atoms with E-state index in [0.717, 1.165) is 55.3 Å². The molecule has 0 unspecified atom stereocenters. The molecular formula is C54H37N3O. The van der Waals surface area contributed by atoms with Crippen LogP contribution in [0, 0.1) is 0 Å². The lowest BCUT2D eigenvalue weighted by molar-refractivity contribution is 0.661. The molecule has 0 spiro atoms. The van der Waals surface area contributed by atoms with Crippen LogP contribution in [0.1, 0.15) is 25.0 Å². The summed E-state index contributed by atoms with van der Waals surface area (Å²) in [4.78, 5) is 15.7. The largest absolute Gasteiger partial charge is 0.456 e. The Balaban J connectivity index is 1.06. The zero-order chi connectivity index (χ0) is 38.8. The van der Waals surface area contributed by atoms with Gasteiger partial charge in [-0.1, -0.05) is 178 Å². The van der Waals surface area contributed by atoms with Gasteiger partial charge in [0.25, 0.3) is 0 Å². The fourth-order valence-electron chi connectivity index (χ4n) is 8.93. The van der Waals surface area contributed by atoms with Gasteiger partial charge >= 0.3 is 0 Å². The van der Waals surface area contributed by atoms with Gasteiger partial charge in [-0.15, -0.1) is 0 Å². The lowest BCUT2D eigenvalue weighted by Crippen LogP contribution is -2.17. The lowest BCUT2D eigenvalue weighted by Gasteiger charge is -2.24. The molecule has 58 heavy (non-hydrogen) atoms. The van der Waals surface area contributed by atoms with E-state index in [-0.39, 0.29) is 5.41 Å². The molecule has 0 fully saturated rings. The second-order valence-electron chi connectivity index (χ2n) is 15.6. The Hall–Kier alpha value is -7.43. The van der Waals surface area contributed by atoms with Gasteiger partial charge in [0.05, 0.1) is 0 Å². The van der Waals surface area contributed by atoms with Crippen molar-refractivity contribution in [3.8, 4) is 78.7 Å². The molecule has 2 aromatic heterocycles. The average Bonchev–Trinajstić information content (AvgIpc) is 3.78. The monoisotopic (exact) mass is 743 g/mol. The van der Waals surface area contributed by atoms with Gasteiger partial charge in [0.2, 0.25) is 0 Å². The second-order valence-corrected chi connectivity index (χ2v) is 15.6. The number of fused-ring (bicyclic) bond motifs is 6. The molecule has 0 bridgehead atoms. The van der Waals surface area contributed by atoms with E-state index in [4.69, 9.17) is 19.4 Å². The molecular weight excluding hydrogens is 707 g/mol. The standard InChI is InChI=1S/C54H37N3O/c1-54(2)46-24-10-9-20-42(46)43-22-12-23-45(50(43)54)53-56-51(37-28-26-36(27-29-37)34-14-5-3-6-15-34)55-52(57-53)40-30-31-44-48(33-40)58-47-25-13-21-41(49(44)47)39-19-11-18-38(32-39)35-16-7-4-8-17-35/h3-33H,1-2H3. The van der Waals surface area contributed by atoms with E-state index in [0.29, 0.717) is 17.5 Å². The number of hydrogen-bond donors (Lipinski definition) is 0. The molecule has 0 atom stereocenters. The Morgan fingerprint density at radius 2 is 0.897 bits per heavy atom. The number of aromatic nitrogens is 3. The molecule has 10 aromatic rings. The van der Waals surface area contributed by atoms with Crippen LogP contribution >= 0.6 is 0 Å². The highest BCUT2D eigenvalue weighted by atomic mass is 16.3. The van der Waals surface area contributed by atoms with Crippen LogP contribution < -0.4 is 0 Å². The molecule has 1 aliphatic carbocycles. The summed E-state index contributed by atoms with van der Waals surface area (Å²) >= 11 is 0. The first-order chi connectivity index (χ1) is 28.5. The zero-order valence-electron chi connectivity index (χ0n) is 32.1. The van der Waals surface area contributed by atoms with Gasteiger partial charge in [-0.2, -0.15) is 0 Å². The number of benzene rings is 8. The predicted octanol–water partition coefficient (Wildman–Crippen LogP) is 14.1. The van der Waals surface area contributed by atoms with Crippen molar-refractivity contribution >= 4 is 21.9 Å². The highest BCUT2D eigenvalue weighted by molar-refractivity contribution is 6.13. The van der Waals surface area contributed by atoms with Crippen molar-refractivity contribution in [2.24, 2.45) is 0 Å². The van der Waals surface area contributed by atoms with Crippen LogP contribution in [0.4, 0.5) is 0 Å². The molecule has 4 nitrogen and oxygen atoms in total. The van der Waals surface area contributed by atoms with Crippen molar-refractivity contribution in [2.45, 2.75) is 19.3 Å². The van der Waals surface area contributed by atoms with Crippen molar-refractivity contribution in [1.29, 1.82) is 0 Å². The van der Waals surface area contributed by atoms with E-state index in [2.05, 4.69) is 190 Å². The second kappa shape index (κ2) is 13.4. The molecule has 274 valence electrons. The first-order valence-electron chi connectivity index (χ1n) is 19.8. The summed E-state index contributed by atoms with van der Waals surface area (Å²) in [6.45, 7) is 4.60. The minimum Gasteiger partial charge on any atom is -0.456 e. The SMILES string of the molecule is CC1(C)c2ccccc2-c2cccc(-c3nc(-c4ccc(-c5ccccc5)cc4)nc(-c4ccc5c(c4)oc4cccc(-c6cccc(-c7ccccc7)c6)c45)n3)c21. The molecule has 0 radical (unpaired) electrons. The molecule has 8 aromatic carbocycles. The first-order valence-corrected chi connectivity index (χ1v) is 19.8. The summed E-state index contributed by atoms with van der Waals surface area (Å²) in [6.07, 6.45) is 0. The number of furan rings is 1. The molecule has 0 saturated heterocycles. The summed E-state index contributed by atoms with van der Waals surface area (Å²) in [5.74, 6) is 1.86. The maximum absolute atomic E-state index is 6.63. The maximum atomic E-state index is 6.63. The minimum atomic E-state index is -0.238. The van der Waals surface area contributed by atoms with E-state index in [1.165, 1.54) is 38.9 Å². The minimum absolute atomic E-state index is 0.238. The average molecular weight is 744 g/mol. The van der Waals surface area contributed by atoms with E-state index < -0.39 is 0 Å². The van der Waals surface area contributed by atoms with Gasteiger partial charge in [-0.25, -0.2) is 15.0 Å². The Kier molecular flexibility index (Phi) is 7.80. The third-order valence-electron chi connectivity index (χ3n) is 11.7. The first kappa shape index (κ1) is 33.9. The van der Waals surface area contributed by atoms with Crippen molar-refractivity contribution in [2.75, 3.05) is 0 Å². The summed E-state index contributed by atoms with van der Waals surface area (Å²) in [5.41, 5.74) is 16.2. The highest BCUT2D eigenvalue weighted by Crippen LogP contribution is 2.52. The molecule has 0 N–H and O–H groups in total. The highest BCUT2D eigenvalue weighted by Gasteiger charge is 2.38. The van der Waals surface area contributed by atoms with Crippen LogP contribution in [-0.2, 0) is 5.41 Å². The molecule has 2 heterocycles. The summed E-state index contributed by atoms with van der Waals surface area (Å²) in [7, 11) is 0. The lowest BCUT2D eigenvalue weighted by atomic mass is 9.80. The van der Waals surface area contributed by atoms with E-state index in [1.807, 2.05) is 12.1 Å². The van der Waals surface area contributed by atoms with Gasteiger partial charge in [0, 0.05) is 32.9 Å². The molecule has 0 saturated carbocycles. The van der Waals surface area contributed by atoms with Crippen molar-refractivity contribution in [3.05, 3.63) is 199 Å². The molecule has 11 rings (SSSR count). The predicted molar refractivity (Wildman–Crippen MR) is 237 cm³/mol. The van der Waals surface area contributed by atoms with Gasteiger partial charge in [0.1, 0.15) is 11.2 Å². The summed E-state index contributed by atoms with van der Waals surface area (Å²) in [6, 6.07) is 66.0. The van der Waals surface area contributed by atoms with E-state index >= 15 is 0 Å². The van der Waals surface area contributed by atoms with Crippen molar-refractivity contribution in [1.82, 2.24) is 15.0 Å². The normalized spacial score (nSPS) is 12.8. The topological polar surface area (TPSA) is 51.8 Å². The molecule has 1 aliphatic rings. The number of rotatable bonds is 6. The van der Waals surface area contributed by atoms with Gasteiger partial charge < -0.3 is 4.42 Å². The zero-order valence-corrected chi connectivity index (χ0v) is 32.1. The van der Waals surface area contributed by atoms with Crippen LogP contribution in [0.15, 0.2) is 192 Å². The van der Waals surface area contributed by atoms with Crippen LogP contribution in [0.25, 0.3) is 101 Å². The van der Waals surface area contributed by atoms with Crippen molar-refractivity contribution < 1.29 is 4.42 Å². The van der Waals surface area contributed by atoms with E-state index in [9.17, 15) is 0 Å². The van der Waals surface area contributed by atoms with Gasteiger partial charge in [-0.05, 0) is 79.9 Å². The Bertz CT molecular complexity index is 3180. The fraction of sp³-hybridized carbons (Fsp3) is 0.0556. The Morgan fingerprint density at radius 1 is 0.362 bits per heavy atom. The third kappa shape index (κ3) is 5.56. The molecule has 0 aliphatic heterocycles. The Labute approximate surface area is 337 Å². The molecule has 4 heteroatoms. The summed E-state index contributed by atoms with van der Waals surface area (Å²) < 4.78 is 6.63. The fourth-order valence-corrected chi connectivity index (χ4v) is 8.93. The van der Waals surface area contributed by atoms with Crippen LogP contribution in [0.3, 0.4) is 0 Å². The molecule has 0 amide bonds. The van der Waals surface area contributed by atoms with Crippen LogP contribution in [-0.4, -0.2) is 15.0 Å². The Morgan fingerprint density at radius 3 is 1.69 bits per heavy atom. The summed E-state index contributed by atoms with van der Waals surface area (Å²) in [5, 5.41) is 2.14. The number of hydrogen-bond acceptors (Lipinski definition) is 4. The number of nitrogens with zero attached hydrogens (tertiary/aromatic N) is 3.